The third-order valence-corrected chi connectivity index (χ3v) is 4.30. The van der Waals surface area contributed by atoms with E-state index in [9.17, 15) is 8.42 Å². The average Bonchev–Trinajstić information content (AvgIpc) is 2.43. The molecule has 0 aliphatic rings. The molecule has 1 atom stereocenters. The van der Waals surface area contributed by atoms with Crippen LogP contribution in [0.4, 0.5) is 0 Å². The molecule has 1 unspecified atom stereocenters. The number of benzene rings is 1. The third-order valence-electron chi connectivity index (χ3n) is 2.84. The third kappa shape index (κ3) is 4.91. The Morgan fingerprint density at radius 1 is 1.37 bits per heavy atom. The Kier molecular flexibility index (Phi) is 6.44. The van der Waals surface area contributed by atoms with E-state index < -0.39 is 10.0 Å². The van der Waals surface area contributed by atoms with Crippen molar-refractivity contribution in [2.24, 2.45) is 0 Å². The summed E-state index contributed by atoms with van der Waals surface area (Å²) in [4.78, 5) is 0.281. The molecule has 6 heteroatoms. The zero-order valence-electron chi connectivity index (χ0n) is 11.6. The molecule has 0 aliphatic heterocycles. The molecule has 0 bridgehead atoms. The molecular weight excluding hydrogens is 264 g/mol. The second kappa shape index (κ2) is 7.59. The molecule has 108 valence electrons. The highest BCUT2D eigenvalue weighted by atomic mass is 32.2. The van der Waals surface area contributed by atoms with Gasteiger partial charge in [0.25, 0.3) is 0 Å². The van der Waals surface area contributed by atoms with Crippen molar-refractivity contribution in [2.75, 3.05) is 26.8 Å². The lowest BCUT2D eigenvalue weighted by atomic mass is 10.1. The minimum Gasteiger partial charge on any atom is -0.380 e. The van der Waals surface area contributed by atoms with E-state index in [1.54, 1.807) is 18.2 Å². The second-order valence-corrected chi connectivity index (χ2v) is 5.94. The van der Waals surface area contributed by atoms with Crippen molar-refractivity contribution in [1.29, 1.82) is 0 Å². The van der Waals surface area contributed by atoms with Crippen molar-refractivity contribution in [3.8, 4) is 0 Å². The lowest BCUT2D eigenvalue weighted by molar-refractivity contribution is 0.153. The lowest BCUT2D eigenvalue weighted by Crippen LogP contribution is -2.27. The average molecular weight is 286 g/mol. The normalized spacial score (nSPS) is 13.4. The van der Waals surface area contributed by atoms with Gasteiger partial charge in [0.05, 0.1) is 11.5 Å². The summed E-state index contributed by atoms with van der Waals surface area (Å²) in [6.07, 6.45) is 0. The Hall–Kier alpha value is -0.950. The van der Waals surface area contributed by atoms with Gasteiger partial charge in [-0.05, 0) is 38.6 Å². The summed E-state index contributed by atoms with van der Waals surface area (Å²) in [6, 6.07) is 7.04. The summed E-state index contributed by atoms with van der Waals surface area (Å²) in [6.45, 7) is 5.09. The molecule has 0 heterocycles. The molecule has 5 nitrogen and oxygen atoms in total. The quantitative estimate of drug-likeness (QED) is 0.707. The molecule has 1 rings (SSSR count). The molecular formula is C13H22N2O3S. The van der Waals surface area contributed by atoms with Crippen LogP contribution < -0.4 is 10.0 Å². The molecule has 0 amide bonds. The van der Waals surface area contributed by atoms with Gasteiger partial charge in [-0.25, -0.2) is 13.1 Å². The molecule has 1 aromatic carbocycles. The summed E-state index contributed by atoms with van der Waals surface area (Å²) in [7, 11) is -1.62. The molecule has 1 aromatic rings. The second-order valence-electron chi connectivity index (χ2n) is 4.18. The Morgan fingerprint density at radius 2 is 2.11 bits per heavy atom. The van der Waals surface area contributed by atoms with Gasteiger partial charge < -0.3 is 10.1 Å². The summed E-state index contributed by atoms with van der Waals surface area (Å²) in [5.41, 5.74) is 0.940. The molecule has 0 aromatic heterocycles. The van der Waals surface area contributed by atoms with E-state index in [4.69, 9.17) is 4.74 Å². The van der Waals surface area contributed by atoms with Crippen LogP contribution in [-0.2, 0) is 14.8 Å². The fourth-order valence-electron chi connectivity index (χ4n) is 1.59. The first kappa shape index (κ1) is 16.1. The van der Waals surface area contributed by atoms with E-state index in [0.29, 0.717) is 13.2 Å². The van der Waals surface area contributed by atoms with E-state index in [1.807, 2.05) is 27.0 Å². The van der Waals surface area contributed by atoms with Crippen molar-refractivity contribution in [2.45, 2.75) is 24.8 Å². The monoisotopic (exact) mass is 286 g/mol. The maximum absolute atomic E-state index is 12.1. The van der Waals surface area contributed by atoms with Gasteiger partial charge in [0.1, 0.15) is 0 Å². The highest BCUT2D eigenvalue weighted by molar-refractivity contribution is 7.89. The molecule has 0 spiro atoms. The van der Waals surface area contributed by atoms with Gasteiger partial charge in [-0.15, -0.1) is 0 Å². The highest BCUT2D eigenvalue weighted by Crippen LogP contribution is 2.16. The zero-order chi connectivity index (χ0) is 14.3. The first-order chi connectivity index (χ1) is 9.01. The number of hydrogen-bond acceptors (Lipinski definition) is 4. The van der Waals surface area contributed by atoms with Crippen molar-refractivity contribution < 1.29 is 13.2 Å². The fourth-order valence-corrected chi connectivity index (χ4v) is 2.66. The predicted octanol–water partition coefficient (Wildman–Crippen LogP) is 1.28. The van der Waals surface area contributed by atoms with E-state index >= 15 is 0 Å². The molecule has 0 radical (unpaired) electrons. The number of ether oxygens (including phenoxy) is 1. The molecule has 0 saturated carbocycles. The number of rotatable bonds is 8. The van der Waals surface area contributed by atoms with E-state index in [0.717, 1.165) is 5.56 Å². The highest BCUT2D eigenvalue weighted by Gasteiger charge is 2.14. The van der Waals surface area contributed by atoms with E-state index in [1.165, 1.54) is 0 Å². The van der Waals surface area contributed by atoms with Crippen LogP contribution in [0, 0.1) is 0 Å². The van der Waals surface area contributed by atoms with Crippen LogP contribution in [-0.4, -0.2) is 35.2 Å². The maximum Gasteiger partial charge on any atom is 0.240 e. The van der Waals surface area contributed by atoms with Crippen LogP contribution in [0.15, 0.2) is 29.2 Å². The minimum absolute atomic E-state index is 0.110. The largest absolute Gasteiger partial charge is 0.380 e. The van der Waals surface area contributed by atoms with Crippen molar-refractivity contribution in [3.05, 3.63) is 29.8 Å². The number of hydrogen-bond donors (Lipinski definition) is 2. The minimum atomic E-state index is -3.46. The van der Waals surface area contributed by atoms with Gasteiger partial charge in [0.15, 0.2) is 0 Å². The van der Waals surface area contributed by atoms with Crippen molar-refractivity contribution in [3.63, 3.8) is 0 Å². The number of nitrogens with one attached hydrogen (secondary N) is 2. The number of sulfonamides is 1. The van der Waals surface area contributed by atoms with Gasteiger partial charge >= 0.3 is 0 Å². The summed E-state index contributed by atoms with van der Waals surface area (Å²) in [5, 5.41) is 3.08. The molecule has 19 heavy (non-hydrogen) atoms. The Balaban J connectivity index is 2.77. The molecule has 0 aliphatic carbocycles. The van der Waals surface area contributed by atoms with E-state index in [2.05, 4.69) is 10.0 Å². The van der Waals surface area contributed by atoms with Crippen LogP contribution in [0.5, 0.6) is 0 Å². The van der Waals surface area contributed by atoms with E-state index in [-0.39, 0.29) is 17.5 Å². The van der Waals surface area contributed by atoms with Crippen molar-refractivity contribution in [1.82, 2.24) is 10.0 Å². The standard InChI is InChI=1S/C13H22N2O3S/c1-4-18-9-8-15-19(16,17)13-7-5-6-12(10-13)11(2)14-3/h5-7,10-11,14-15H,4,8-9H2,1-3H3. The van der Waals surface area contributed by atoms with Gasteiger partial charge in [0, 0.05) is 19.2 Å². The molecule has 2 N–H and O–H groups in total. The zero-order valence-corrected chi connectivity index (χ0v) is 12.5. The molecule has 0 fully saturated rings. The Morgan fingerprint density at radius 3 is 2.74 bits per heavy atom. The Labute approximate surface area is 115 Å². The SMILES string of the molecule is CCOCCNS(=O)(=O)c1cccc(C(C)NC)c1. The van der Waals surface area contributed by atoms with Gasteiger partial charge in [-0.1, -0.05) is 12.1 Å². The predicted molar refractivity (Wildman–Crippen MR) is 75.6 cm³/mol. The van der Waals surface area contributed by atoms with Crippen LogP contribution in [0.1, 0.15) is 25.5 Å². The smallest absolute Gasteiger partial charge is 0.240 e. The van der Waals surface area contributed by atoms with Gasteiger partial charge in [-0.2, -0.15) is 0 Å². The maximum atomic E-state index is 12.1. The van der Waals surface area contributed by atoms with Gasteiger partial charge in [0.2, 0.25) is 10.0 Å². The summed E-state index contributed by atoms with van der Waals surface area (Å²) >= 11 is 0. The Bertz CT molecular complexity index is 488. The van der Waals surface area contributed by atoms with Gasteiger partial charge in [-0.3, -0.25) is 0 Å². The van der Waals surface area contributed by atoms with Crippen LogP contribution in [0.3, 0.4) is 0 Å². The first-order valence-corrected chi connectivity index (χ1v) is 7.84. The summed E-state index contributed by atoms with van der Waals surface area (Å²) in [5.74, 6) is 0. The molecule has 0 saturated heterocycles. The van der Waals surface area contributed by atoms with Crippen LogP contribution in [0.25, 0.3) is 0 Å². The lowest BCUT2D eigenvalue weighted by Gasteiger charge is -2.12. The topological polar surface area (TPSA) is 67.4 Å². The fraction of sp³-hybridized carbons (Fsp3) is 0.538. The van der Waals surface area contributed by atoms with Crippen LogP contribution in [0.2, 0.25) is 0 Å². The van der Waals surface area contributed by atoms with Crippen molar-refractivity contribution >= 4 is 10.0 Å². The first-order valence-electron chi connectivity index (χ1n) is 6.36. The van der Waals surface area contributed by atoms with Crippen LogP contribution >= 0.6 is 0 Å². The summed E-state index contributed by atoms with van der Waals surface area (Å²) < 4.78 is 31.8.